The Bertz CT molecular complexity index is 489. The zero-order valence-corrected chi connectivity index (χ0v) is 13.8. The molecule has 2 rings (SSSR count). The molecule has 0 amide bonds. The predicted molar refractivity (Wildman–Crippen MR) is 84.5 cm³/mol. The van der Waals surface area contributed by atoms with Crippen molar-refractivity contribution in [3.8, 4) is 17.2 Å². The van der Waals surface area contributed by atoms with Gasteiger partial charge < -0.3 is 19.5 Å². The van der Waals surface area contributed by atoms with Crippen LogP contribution in [-0.4, -0.2) is 25.9 Å². The van der Waals surface area contributed by atoms with E-state index in [9.17, 15) is 0 Å². The summed E-state index contributed by atoms with van der Waals surface area (Å²) in [6.07, 6.45) is 1.90. The summed E-state index contributed by atoms with van der Waals surface area (Å²) in [5, 5.41) is 3.40. The van der Waals surface area contributed by atoms with E-state index in [0.717, 1.165) is 35.7 Å². The van der Waals surface area contributed by atoms with Crippen molar-refractivity contribution >= 4 is 0 Å². The van der Waals surface area contributed by atoms with Gasteiger partial charge in [0, 0.05) is 24.6 Å². The van der Waals surface area contributed by atoms with Crippen LogP contribution in [0.25, 0.3) is 0 Å². The van der Waals surface area contributed by atoms with E-state index in [1.54, 1.807) is 0 Å². The van der Waals surface area contributed by atoms with E-state index in [1.165, 1.54) is 0 Å². The van der Waals surface area contributed by atoms with Crippen LogP contribution in [0, 0.1) is 0 Å². The molecule has 2 unspecified atom stereocenters. The first-order chi connectivity index (χ1) is 10.1. The average molecular weight is 293 g/mol. The summed E-state index contributed by atoms with van der Waals surface area (Å²) in [7, 11) is 1.99. The maximum atomic E-state index is 6.27. The van der Waals surface area contributed by atoms with E-state index in [4.69, 9.17) is 14.2 Å². The molecule has 0 saturated heterocycles. The lowest BCUT2D eigenvalue weighted by Crippen LogP contribution is -2.40. The maximum Gasteiger partial charge on any atom is 0.132 e. The van der Waals surface area contributed by atoms with Crippen LogP contribution in [0.4, 0.5) is 0 Å². The second kappa shape index (κ2) is 6.56. The molecule has 118 valence electrons. The minimum Gasteiger partial charge on any atom is -0.494 e. The van der Waals surface area contributed by atoms with Gasteiger partial charge in [-0.05, 0) is 34.2 Å². The normalized spacial score (nSPS) is 24.1. The van der Waals surface area contributed by atoms with Gasteiger partial charge in [-0.1, -0.05) is 6.92 Å². The Kier molecular flexibility index (Phi) is 4.99. The molecule has 4 nitrogen and oxygen atoms in total. The van der Waals surface area contributed by atoms with Gasteiger partial charge in [0.05, 0.1) is 18.8 Å². The van der Waals surface area contributed by atoms with E-state index < -0.39 is 0 Å². The van der Waals surface area contributed by atoms with E-state index in [2.05, 4.69) is 19.2 Å². The second-order valence-electron chi connectivity index (χ2n) is 5.65. The van der Waals surface area contributed by atoms with Crippen LogP contribution in [0.5, 0.6) is 17.2 Å². The summed E-state index contributed by atoms with van der Waals surface area (Å²) in [6, 6.07) is 4.18. The number of rotatable bonds is 6. The number of benzene rings is 1. The largest absolute Gasteiger partial charge is 0.494 e. The van der Waals surface area contributed by atoms with Gasteiger partial charge in [0.15, 0.2) is 0 Å². The van der Waals surface area contributed by atoms with Crippen LogP contribution in [0.15, 0.2) is 12.1 Å². The molecule has 2 atom stereocenters. The van der Waals surface area contributed by atoms with Gasteiger partial charge in [-0.2, -0.15) is 0 Å². The fourth-order valence-electron chi connectivity index (χ4n) is 2.83. The lowest BCUT2D eigenvalue weighted by Gasteiger charge is -2.40. The molecule has 1 aliphatic rings. The van der Waals surface area contributed by atoms with E-state index in [1.807, 2.05) is 33.0 Å². The van der Waals surface area contributed by atoms with Crippen LogP contribution >= 0.6 is 0 Å². The van der Waals surface area contributed by atoms with Crippen LogP contribution in [-0.2, 0) is 0 Å². The summed E-state index contributed by atoms with van der Waals surface area (Å²) in [5.74, 6) is 2.53. The monoisotopic (exact) mass is 293 g/mol. The van der Waals surface area contributed by atoms with Gasteiger partial charge in [-0.15, -0.1) is 0 Å². The SMILES string of the molecule is CCOc1cc(OCC)c2c(c1)OC(C)(CC)CC2NC. The molecule has 1 N–H and O–H groups in total. The number of fused-ring (bicyclic) bond motifs is 1. The van der Waals surface area contributed by atoms with Crippen molar-refractivity contribution in [3.63, 3.8) is 0 Å². The zero-order chi connectivity index (χ0) is 15.5. The minimum absolute atomic E-state index is 0.158. The Balaban J connectivity index is 2.50. The first kappa shape index (κ1) is 16.0. The summed E-state index contributed by atoms with van der Waals surface area (Å²) in [5.41, 5.74) is 0.948. The van der Waals surface area contributed by atoms with Crippen molar-refractivity contribution in [3.05, 3.63) is 17.7 Å². The van der Waals surface area contributed by atoms with Gasteiger partial charge in [0.1, 0.15) is 22.8 Å². The highest BCUT2D eigenvalue weighted by Gasteiger charge is 2.37. The number of nitrogens with one attached hydrogen (secondary N) is 1. The first-order valence-corrected chi connectivity index (χ1v) is 7.86. The highest BCUT2D eigenvalue weighted by molar-refractivity contribution is 5.53. The molecule has 0 spiro atoms. The predicted octanol–water partition coefficient (Wildman–Crippen LogP) is 3.70. The van der Waals surface area contributed by atoms with Crippen molar-refractivity contribution < 1.29 is 14.2 Å². The number of hydrogen-bond donors (Lipinski definition) is 1. The molecule has 0 aliphatic carbocycles. The molecule has 1 aromatic rings. The molecular weight excluding hydrogens is 266 g/mol. The van der Waals surface area contributed by atoms with Gasteiger partial charge in [0.2, 0.25) is 0 Å². The summed E-state index contributed by atoms with van der Waals surface area (Å²) >= 11 is 0. The van der Waals surface area contributed by atoms with Gasteiger partial charge in [-0.3, -0.25) is 0 Å². The molecule has 0 saturated carbocycles. The van der Waals surface area contributed by atoms with Crippen LogP contribution in [0.2, 0.25) is 0 Å². The Morgan fingerprint density at radius 1 is 1.24 bits per heavy atom. The van der Waals surface area contributed by atoms with Gasteiger partial charge in [-0.25, -0.2) is 0 Å². The molecule has 1 aliphatic heterocycles. The highest BCUT2D eigenvalue weighted by Crippen LogP contribution is 2.47. The first-order valence-electron chi connectivity index (χ1n) is 7.86. The summed E-state index contributed by atoms with van der Waals surface area (Å²) < 4.78 is 17.7. The smallest absolute Gasteiger partial charge is 0.132 e. The molecule has 0 radical (unpaired) electrons. The fraction of sp³-hybridized carbons (Fsp3) is 0.647. The van der Waals surface area contributed by atoms with E-state index in [0.29, 0.717) is 13.2 Å². The third kappa shape index (κ3) is 3.26. The molecule has 0 fully saturated rings. The minimum atomic E-state index is -0.158. The maximum absolute atomic E-state index is 6.27. The van der Waals surface area contributed by atoms with Crippen LogP contribution in [0.3, 0.4) is 0 Å². The molecule has 1 aromatic carbocycles. The number of ether oxygens (including phenoxy) is 3. The van der Waals surface area contributed by atoms with Crippen molar-refractivity contribution in [1.29, 1.82) is 0 Å². The molecular formula is C17H27NO3. The lowest BCUT2D eigenvalue weighted by molar-refractivity contribution is 0.0438. The van der Waals surface area contributed by atoms with Crippen LogP contribution < -0.4 is 19.5 Å². The molecule has 0 aromatic heterocycles. The van der Waals surface area contributed by atoms with Gasteiger partial charge in [0.25, 0.3) is 0 Å². The van der Waals surface area contributed by atoms with E-state index in [-0.39, 0.29) is 11.6 Å². The Morgan fingerprint density at radius 3 is 2.52 bits per heavy atom. The van der Waals surface area contributed by atoms with E-state index >= 15 is 0 Å². The third-order valence-electron chi connectivity index (χ3n) is 4.13. The van der Waals surface area contributed by atoms with Crippen molar-refractivity contribution in [2.45, 2.75) is 52.2 Å². The Hall–Kier alpha value is -1.42. The second-order valence-corrected chi connectivity index (χ2v) is 5.65. The molecule has 21 heavy (non-hydrogen) atoms. The summed E-state index contributed by atoms with van der Waals surface area (Å²) in [6.45, 7) is 9.55. The molecule has 4 heteroatoms. The quantitative estimate of drug-likeness (QED) is 0.868. The Morgan fingerprint density at radius 2 is 1.95 bits per heavy atom. The topological polar surface area (TPSA) is 39.7 Å². The summed E-state index contributed by atoms with van der Waals surface area (Å²) in [4.78, 5) is 0. The molecule has 1 heterocycles. The molecule has 0 bridgehead atoms. The zero-order valence-electron chi connectivity index (χ0n) is 13.8. The van der Waals surface area contributed by atoms with Crippen molar-refractivity contribution in [2.24, 2.45) is 0 Å². The highest BCUT2D eigenvalue weighted by atomic mass is 16.5. The van der Waals surface area contributed by atoms with Crippen molar-refractivity contribution in [2.75, 3.05) is 20.3 Å². The standard InChI is InChI=1S/C17H27NO3/c1-6-17(4)11-13(18-5)16-14(20-8-3)9-12(19-7-2)10-15(16)21-17/h9-10,13,18H,6-8,11H2,1-5H3. The van der Waals surface area contributed by atoms with Crippen LogP contribution in [0.1, 0.15) is 52.1 Å². The van der Waals surface area contributed by atoms with Crippen molar-refractivity contribution in [1.82, 2.24) is 5.32 Å². The van der Waals surface area contributed by atoms with Gasteiger partial charge >= 0.3 is 0 Å². The third-order valence-corrected chi connectivity index (χ3v) is 4.13. The lowest BCUT2D eigenvalue weighted by atomic mass is 9.86. The number of hydrogen-bond acceptors (Lipinski definition) is 4. The average Bonchev–Trinajstić information content (AvgIpc) is 2.46. The fourth-order valence-corrected chi connectivity index (χ4v) is 2.83. The Labute approximate surface area is 127 Å².